The number of likely N-dealkylation sites (tertiary alicyclic amines) is 1. The van der Waals surface area contributed by atoms with Crippen molar-refractivity contribution in [1.29, 1.82) is 0 Å². The van der Waals surface area contributed by atoms with E-state index in [2.05, 4.69) is 5.32 Å². The van der Waals surface area contributed by atoms with Crippen molar-refractivity contribution >= 4 is 11.8 Å². The zero-order chi connectivity index (χ0) is 16.7. The van der Waals surface area contributed by atoms with E-state index in [9.17, 15) is 14.7 Å². The molecule has 1 aliphatic heterocycles. The Kier molecular flexibility index (Phi) is 3.94. The first-order valence-electron chi connectivity index (χ1n) is 9.03. The average Bonchev–Trinajstić information content (AvgIpc) is 3.37. The molecule has 2 fully saturated rings. The standard InChI is InChI=1S/C19H24N2O3/c22-17-5-1-4-14-15(17)8-9-16(14)20-18(23)13-3-2-10-21(11-13)19(24)12-6-7-12/h1,4-5,12-13,16,22H,2-3,6-11H2,(H,20,23)/t13-,16+/m0/s1. The van der Waals surface area contributed by atoms with Gasteiger partial charge in [-0.25, -0.2) is 0 Å². The van der Waals surface area contributed by atoms with Gasteiger partial charge in [0.25, 0.3) is 0 Å². The number of nitrogens with zero attached hydrogens (tertiary/aromatic N) is 1. The number of benzene rings is 1. The molecule has 1 heterocycles. The Hall–Kier alpha value is -2.04. The van der Waals surface area contributed by atoms with Gasteiger partial charge in [0.1, 0.15) is 5.75 Å². The molecular formula is C19H24N2O3. The molecule has 1 saturated heterocycles. The molecule has 0 bridgehead atoms. The lowest BCUT2D eigenvalue weighted by Crippen LogP contribution is -2.46. The highest BCUT2D eigenvalue weighted by Crippen LogP contribution is 2.37. The average molecular weight is 328 g/mol. The lowest BCUT2D eigenvalue weighted by Gasteiger charge is -2.33. The predicted molar refractivity (Wildman–Crippen MR) is 89.3 cm³/mol. The highest BCUT2D eigenvalue weighted by Gasteiger charge is 2.37. The van der Waals surface area contributed by atoms with Crippen LogP contribution in [0.2, 0.25) is 0 Å². The maximum absolute atomic E-state index is 12.7. The summed E-state index contributed by atoms with van der Waals surface area (Å²) >= 11 is 0. The van der Waals surface area contributed by atoms with Crippen LogP contribution in [0.25, 0.3) is 0 Å². The largest absolute Gasteiger partial charge is 0.508 e. The van der Waals surface area contributed by atoms with Crippen LogP contribution >= 0.6 is 0 Å². The Morgan fingerprint density at radius 2 is 1.96 bits per heavy atom. The van der Waals surface area contributed by atoms with Crippen LogP contribution in [0.15, 0.2) is 18.2 Å². The lowest BCUT2D eigenvalue weighted by molar-refractivity contribution is -0.137. The molecule has 128 valence electrons. The van der Waals surface area contributed by atoms with Gasteiger partial charge in [-0.05, 0) is 55.7 Å². The third-order valence-electron chi connectivity index (χ3n) is 5.59. The Bertz CT molecular complexity index is 669. The van der Waals surface area contributed by atoms with E-state index in [1.807, 2.05) is 17.0 Å². The number of piperidine rings is 1. The minimum Gasteiger partial charge on any atom is -0.508 e. The SMILES string of the molecule is O=C(N[C@@H]1CCc2c(O)cccc21)[C@H]1CCCN(C(=O)C2CC2)C1. The van der Waals surface area contributed by atoms with E-state index < -0.39 is 0 Å². The summed E-state index contributed by atoms with van der Waals surface area (Å²) < 4.78 is 0. The molecule has 2 atom stereocenters. The first kappa shape index (κ1) is 15.5. The zero-order valence-electron chi connectivity index (χ0n) is 13.8. The number of aromatic hydroxyl groups is 1. The zero-order valence-corrected chi connectivity index (χ0v) is 13.8. The minimum absolute atomic E-state index is 0.0193. The predicted octanol–water partition coefficient (Wildman–Crippen LogP) is 2.14. The quantitative estimate of drug-likeness (QED) is 0.893. The molecule has 3 aliphatic rings. The van der Waals surface area contributed by atoms with E-state index in [1.165, 1.54) is 0 Å². The lowest BCUT2D eigenvalue weighted by atomic mass is 9.96. The van der Waals surface area contributed by atoms with Crippen molar-refractivity contribution in [2.24, 2.45) is 11.8 Å². The van der Waals surface area contributed by atoms with Gasteiger partial charge in [0.2, 0.25) is 11.8 Å². The molecule has 1 aromatic carbocycles. The highest BCUT2D eigenvalue weighted by atomic mass is 16.3. The van der Waals surface area contributed by atoms with Gasteiger partial charge in [0.15, 0.2) is 0 Å². The molecule has 0 unspecified atom stereocenters. The van der Waals surface area contributed by atoms with Crippen molar-refractivity contribution in [2.75, 3.05) is 13.1 Å². The normalized spacial score (nSPS) is 26.1. The second-order valence-corrected chi connectivity index (χ2v) is 7.34. The van der Waals surface area contributed by atoms with Crippen LogP contribution in [0.5, 0.6) is 5.75 Å². The molecule has 2 aliphatic carbocycles. The number of nitrogens with one attached hydrogen (secondary N) is 1. The second kappa shape index (κ2) is 6.11. The molecule has 2 N–H and O–H groups in total. The van der Waals surface area contributed by atoms with Crippen LogP contribution in [0, 0.1) is 11.8 Å². The van der Waals surface area contributed by atoms with Crippen molar-refractivity contribution < 1.29 is 14.7 Å². The number of rotatable bonds is 3. The fraction of sp³-hybridized carbons (Fsp3) is 0.579. The molecule has 0 spiro atoms. The van der Waals surface area contributed by atoms with Gasteiger partial charge in [-0.3, -0.25) is 9.59 Å². The van der Waals surface area contributed by atoms with Crippen LogP contribution in [-0.2, 0) is 16.0 Å². The van der Waals surface area contributed by atoms with E-state index in [0.29, 0.717) is 12.3 Å². The van der Waals surface area contributed by atoms with Crippen LogP contribution in [0.1, 0.15) is 49.3 Å². The summed E-state index contributed by atoms with van der Waals surface area (Å²) in [6.45, 7) is 1.35. The summed E-state index contributed by atoms with van der Waals surface area (Å²) in [5, 5.41) is 13.1. The summed E-state index contributed by atoms with van der Waals surface area (Å²) in [5.74, 6) is 0.718. The summed E-state index contributed by atoms with van der Waals surface area (Å²) in [6, 6.07) is 5.49. The van der Waals surface area contributed by atoms with Crippen LogP contribution < -0.4 is 5.32 Å². The number of phenolic OH excluding ortho intramolecular Hbond substituents is 1. The van der Waals surface area contributed by atoms with Gasteiger partial charge in [0.05, 0.1) is 12.0 Å². The Balaban J connectivity index is 1.40. The molecule has 2 amide bonds. The van der Waals surface area contributed by atoms with E-state index in [4.69, 9.17) is 0 Å². The van der Waals surface area contributed by atoms with E-state index in [-0.39, 0.29) is 29.7 Å². The number of carbonyl (C=O) groups excluding carboxylic acids is 2. The van der Waals surface area contributed by atoms with Crippen LogP contribution in [0.3, 0.4) is 0 Å². The van der Waals surface area contributed by atoms with Crippen molar-refractivity contribution in [2.45, 2.75) is 44.6 Å². The van der Waals surface area contributed by atoms with E-state index in [0.717, 1.165) is 56.2 Å². The molecule has 4 rings (SSSR count). The fourth-order valence-electron chi connectivity index (χ4n) is 4.05. The number of phenols is 1. The topological polar surface area (TPSA) is 69.6 Å². The molecule has 0 radical (unpaired) electrons. The minimum atomic E-state index is -0.109. The van der Waals surface area contributed by atoms with Gasteiger partial charge in [-0.15, -0.1) is 0 Å². The Morgan fingerprint density at radius 3 is 2.75 bits per heavy atom. The molecule has 5 heteroatoms. The molecule has 0 aromatic heterocycles. The van der Waals surface area contributed by atoms with Crippen LogP contribution in [-0.4, -0.2) is 34.9 Å². The summed E-state index contributed by atoms with van der Waals surface area (Å²) in [7, 11) is 0. The maximum Gasteiger partial charge on any atom is 0.225 e. The molecule has 1 saturated carbocycles. The van der Waals surface area contributed by atoms with Crippen molar-refractivity contribution in [3.05, 3.63) is 29.3 Å². The van der Waals surface area contributed by atoms with E-state index >= 15 is 0 Å². The van der Waals surface area contributed by atoms with Gasteiger partial charge < -0.3 is 15.3 Å². The number of hydrogen-bond donors (Lipinski definition) is 2. The van der Waals surface area contributed by atoms with Gasteiger partial charge >= 0.3 is 0 Å². The smallest absolute Gasteiger partial charge is 0.225 e. The number of carbonyl (C=O) groups is 2. The summed E-state index contributed by atoms with van der Waals surface area (Å²) in [6.07, 6.45) is 5.39. The molecular weight excluding hydrogens is 304 g/mol. The monoisotopic (exact) mass is 328 g/mol. The summed E-state index contributed by atoms with van der Waals surface area (Å²) in [5.41, 5.74) is 1.99. The number of hydrogen-bond acceptors (Lipinski definition) is 3. The Morgan fingerprint density at radius 1 is 1.12 bits per heavy atom. The third kappa shape index (κ3) is 2.87. The summed E-state index contributed by atoms with van der Waals surface area (Å²) in [4.78, 5) is 26.8. The second-order valence-electron chi connectivity index (χ2n) is 7.34. The van der Waals surface area contributed by atoms with Gasteiger partial charge in [-0.1, -0.05) is 12.1 Å². The molecule has 5 nitrogen and oxygen atoms in total. The first-order valence-corrected chi connectivity index (χ1v) is 9.03. The van der Waals surface area contributed by atoms with Crippen molar-refractivity contribution in [3.63, 3.8) is 0 Å². The molecule has 1 aromatic rings. The highest BCUT2D eigenvalue weighted by molar-refractivity contribution is 5.83. The van der Waals surface area contributed by atoms with E-state index in [1.54, 1.807) is 6.07 Å². The molecule has 24 heavy (non-hydrogen) atoms. The third-order valence-corrected chi connectivity index (χ3v) is 5.59. The number of amides is 2. The fourth-order valence-corrected chi connectivity index (χ4v) is 4.05. The van der Waals surface area contributed by atoms with Gasteiger partial charge in [0, 0.05) is 19.0 Å². The van der Waals surface area contributed by atoms with Crippen molar-refractivity contribution in [1.82, 2.24) is 10.2 Å². The van der Waals surface area contributed by atoms with Crippen molar-refractivity contribution in [3.8, 4) is 5.75 Å². The van der Waals surface area contributed by atoms with Gasteiger partial charge in [-0.2, -0.15) is 0 Å². The first-order chi connectivity index (χ1) is 11.6. The Labute approximate surface area is 142 Å². The van der Waals surface area contributed by atoms with Crippen LogP contribution in [0.4, 0.5) is 0 Å². The number of fused-ring (bicyclic) bond motifs is 1. The maximum atomic E-state index is 12.7.